The highest BCUT2D eigenvalue weighted by molar-refractivity contribution is 9.10. The summed E-state index contributed by atoms with van der Waals surface area (Å²) in [5, 5.41) is 0. The second-order valence-corrected chi connectivity index (χ2v) is 4.54. The van der Waals surface area contributed by atoms with Crippen molar-refractivity contribution in [2.45, 2.75) is 31.5 Å². The Labute approximate surface area is 93.7 Å². The summed E-state index contributed by atoms with van der Waals surface area (Å²) in [6.45, 7) is 4.05. The van der Waals surface area contributed by atoms with E-state index < -0.39 is 0 Å². The number of ketones is 1. The van der Waals surface area contributed by atoms with Crippen LogP contribution in [0, 0.1) is 6.92 Å². The Morgan fingerprint density at radius 2 is 2.07 bits per heavy atom. The predicted molar refractivity (Wildman–Crippen MR) is 63.1 cm³/mol. The highest BCUT2D eigenvalue weighted by Crippen LogP contribution is 2.17. The number of rotatable bonds is 4. The zero-order chi connectivity index (χ0) is 10.6. The van der Waals surface area contributed by atoms with Crippen LogP contribution in [0.5, 0.6) is 0 Å². The van der Waals surface area contributed by atoms with E-state index in [2.05, 4.69) is 22.9 Å². The standard InChI is InChI=1S/C12H15BrO/c1-3-6-11(13)12(14)10-8-5-4-7-9(10)2/h4-5,7-8,11H,3,6H2,1-2H3. The van der Waals surface area contributed by atoms with Gasteiger partial charge < -0.3 is 0 Å². The summed E-state index contributed by atoms with van der Waals surface area (Å²) in [5.41, 5.74) is 1.89. The third kappa shape index (κ3) is 2.68. The lowest BCUT2D eigenvalue weighted by Gasteiger charge is -2.09. The molecule has 0 saturated heterocycles. The van der Waals surface area contributed by atoms with Crippen LogP contribution in [0.1, 0.15) is 35.7 Å². The molecule has 0 heterocycles. The summed E-state index contributed by atoms with van der Waals surface area (Å²) in [4.78, 5) is 11.9. The van der Waals surface area contributed by atoms with Gasteiger partial charge in [0.2, 0.25) is 0 Å². The van der Waals surface area contributed by atoms with E-state index in [1.807, 2.05) is 31.2 Å². The summed E-state index contributed by atoms with van der Waals surface area (Å²) in [6, 6.07) is 7.72. The van der Waals surface area contributed by atoms with E-state index in [0.717, 1.165) is 24.0 Å². The fourth-order valence-electron chi connectivity index (χ4n) is 1.40. The Morgan fingerprint density at radius 1 is 1.43 bits per heavy atom. The molecule has 1 nitrogen and oxygen atoms in total. The summed E-state index contributed by atoms with van der Waals surface area (Å²) in [7, 11) is 0. The van der Waals surface area contributed by atoms with Gasteiger partial charge in [0.15, 0.2) is 5.78 Å². The summed E-state index contributed by atoms with van der Waals surface area (Å²) in [6.07, 6.45) is 1.92. The number of alkyl halides is 1. The molecule has 76 valence electrons. The first-order chi connectivity index (χ1) is 6.66. The van der Waals surface area contributed by atoms with Crippen molar-refractivity contribution in [1.82, 2.24) is 0 Å². The van der Waals surface area contributed by atoms with E-state index in [0.29, 0.717) is 0 Å². The van der Waals surface area contributed by atoms with Gasteiger partial charge in [-0.15, -0.1) is 0 Å². The van der Waals surface area contributed by atoms with E-state index in [9.17, 15) is 4.79 Å². The van der Waals surface area contributed by atoms with Gasteiger partial charge in [-0.3, -0.25) is 4.79 Å². The Kier molecular flexibility index (Phi) is 4.33. The molecule has 0 aromatic heterocycles. The molecule has 0 aliphatic carbocycles. The Bertz CT molecular complexity index is 320. The van der Waals surface area contributed by atoms with Gasteiger partial charge >= 0.3 is 0 Å². The molecule has 0 aliphatic rings. The van der Waals surface area contributed by atoms with Crippen LogP contribution in [0.2, 0.25) is 0 Å². The molecule has 14 heavy (non-hydrogen) atoms. The van der Waals surface area contributed by atoms with Gasteiger partial charge in [0, 0.05) is 5.56 Å². The molecular weight excluding hydrogens is 240 g/mol. The molecule has 1 rings (SSSR count). The maximum Gasteiger partial charge on any atom is 0.176 e. The Hall–Kier alpha value is -0.630. The highest BCUT2D eigenvalue weighted by Gasteiger charge is 2.16. The topological polar surface area (TPSA) is 17.1 Å². The number of hydrogen-bond donors (Lipinski definition) is 0. The Morgan fingerprint density at radius 3 is 2.64 bits per heavy atom. The first-order valence-electron chi connectivity index (χ1n) is 4.90. The van der Waals surface area contributed by atoms with E-state index in [1.54, 1.807) is 0 Å². The molecule has 1 atom stereocenters. The maximum atomic E-state index is 11.9. The van der Waals surface area contributed by atoms with Crippen LogP contribution in [0.3, 0.4) is 0 Å². The fraction of sp³-hybridized carbons (Fsp3) is 0.417. The lowest BCUT2D eigenvalue weighted by Crippen LogP contribution is -2.14. The predicted octanol–water partition coefficient (Wildman–Crippen LogP) is 3.74. The summed E-state index contributed by atoms with van der Waals surface area (Å²) in [5.74, 6) is 0.199. The first kappa shape index (κ1) is 11.4. The molecule has 0 fully saturated rings. The molecule has 0 spiro atoms. The average Bonchev–Trinajstić information content (AvgIpc) is 2.18. The van der Waals surface area contributed by atoms with Gasteiger partial charge in [-0.2, -0.15) is 0 Å². The first-order valence-corrected chi connectivity index (χ1v) is 5.82. The van der Waals surface area contributed by atoms with Crippen LogP contribution >= 0.6 is 15.9 Å². The summed E-state index contributed by atoms with van der Waals surface area (Å²) >= 11 is 3.42. The zero-order valence-electron chi connectivity index (χ0n) is 8.59. The van der Waals surface area contributed by atoms with Crippen molar-refractivity contribution in [1.29, 1.82) is 0 Å². The molecule has 0 saturated carbocycles. The van der Waals surface area contributed by atoms with Gasteiger partial charge in [-0.05, 0) is 18.9 Å². The van der Waals surface area contributed by atoms with Gasteiger partial charge in [-0.1, -0.05) is 53.5 Å². The number of hydrogen-bond acceptors (Lipinski definition) is 1. The molecule has 0 bridgehead atoms. The van der Waals surface area contributed by atoms with Crippen molar-refractivity contribution in [2.24, 2.45) is 0 Å². The minimum absolute atomic E-state index is 0.0337. The number of carbonyl (C=O) groups excluding carboxylic acids is 1. The number of aryl methyl sites for hydroxylation is 1. The number of halogens is 1. The van der Waals surface area contributed by atoms with Gasteiger partial charge in [-0.25, -0.2) is 0 Å². The van der Waals surface area contributed by atoms with Gasteiger partial charge in [0.05, 0.1) is 4.83 Å². The second-order valence-electron chi connectivity index (χ2n) is 3.44. The molecule has 1 aromatic rings. The molecule has 0 aliphatic heterocycles. The number of benzene rings is 1. The smallest absolute Gasteiger partial charge is 0.176 e. The monoisotopic (exact) mass is 254 g/mol. The highest BCUT2D eigenvalue weighted by atomic mass is 79.9. The van der Waals surface area contributed by atoms with E-state index >= 15 is 0 Å². The van der Waals surface area contributed by atoms with Crippen LogP contribution < -0.4 is 0 Å². The van der Waals surface area contributed by atoms with Crippen LogP contribution in [0.15, 0.2) is 24.3 Å². The molecule has 1 aromatic carbocycles. The second kappa shape index (κ2) is 5.30. The molecule has 1 unspecified atom stereocenters. The van der Waals surface area contributed by atoms with Crippen molar-refractivity contribution in [3.63, 3.8) is 0 Å². The van der Waals surface area contributed by atoms with Crippen LogP contribution in [-0.4, -0.2) is 10.6 Å². The largest absolute Gasteiger partial charge is 0.293 e. The van der Waals surface area contributed by atoms with E-state index in [1.165, 1.54) is 0 Å². The van der Waals surface area contributed by atoms with Crippen LogP contribution in [-0.2, 0) is 0 Å². The van der Waals surface area contributed by atoms with Crippen molar-refractivity contribution in [3.05, 3.63) is 35.4 Å². The van der Waals surface area contributed by atoms with Gasteiger partial charge in [0.25, 0.3) is 0 Å². The SMILES string of the molecule is CCCC(Br)C(=O)c1ccccc1C. The summed E-state index contributed by atoms with van der Waals surface area (Å²) < 4.78 is 0. The zero-order valence-corrected chi connectivity index (χ0v) is 10.2. The molecular formula is C12H15BrO. The van der Waals surface area contributed by atoms with Crippen LogP contribution in [0.4, 0.5) is 0 Å². The molecule has 2 heteroatoms. The quantitative estimate of drug-likeness (QED) is 0.591. The minimum Gasteiger partial charge on any atom is -0.293 e. The third-order valence-corrected chi connectivity index (χ3v) is 3.11. The lowest BCUT2D eigenvalue weighted by atomic mass is 10.0. The van der Waals surface area contributed by atoms with Crippen molar-refractivity contribution in [2.75, 3.05) is 0 Å². The lowest BCUT2D eigenvalue weighted by molar-refractivity contribution is 0.0988. The van der Waals surface area contributed by atoms with Crippen LogP contribution in [0.25, 0.3) is 0 Å². The average molecular weight is 255 g/mol. The molecule has 0 amide bonds. The number of carbonyl (C=O) groups is 1. The minimum atomic E-state index is -0.0337. The van der Waals surface area contributed by atoms with E-state index in [4.69, 9.17) is 0 Å². The number of Topliss-reactive ketones (excluding diaryl/α,β-unsaturated/α-hetero) is 1. The van der Waals surface area contributed by atoms with Crippen molar-refractivity contribution < 1.29 is 4.79 Å². The van der Waals surface area contributed by atoms with E-state index in [-0.39, 0.29) is 10.6 Å². The Balaban J connectivity index is 2.84. The van der Waals surface area contributed by atoms with Crippen molar-refractivity contribution in [3.8, 4) is 0 Å². The third-order valence-electron chi connectivity index (χ3n) is 2.24. The molecule has 0 radical (unpaired) electrons. The van der Waals surface area contributed by atoms with Gasteiger partial charge in [0.1, 0.15) is 0 Å². The van der Waals surface area contributed by atoms with Crippen molar-refractivity contribution >= 4 is 21.7 Å². The molecule has 0 N–H and O–H groups in total. The normalized spacial score (nSPS) is 12.5. The fourth-order valence-corrected chi connectivity index (χ4v) is 2.11. The maximum absolute atomic E-state index is 11.9.